The highest BCUT2D eigenvalue weighted by Gasteiger charge is 2.19. The number of ether oxygens (including phenoxy) is 1. The van der Waals surface area contributed by atoms with Gasteiger partial charge in [0.25, 0.3) is 0 Å². The molecular formula is C14H23BrN2O. The van der Waals surface area contributed by atoms with Crippen molar-refractivity contribution in [3.63, 3.8) is 0 Å². The number of rotatable bonds is 7. The molecule has 1 rings (SSSR count). The van der Waals surface area contributed by atoms with Gasteiger partial charge in [0.05, 0.1) is 7.11 Å². The van der Waals surface area contributed by atoms with E-state index in [1.165, 1.54) is 5.56 Å². The van der Waals surface area contributed by atoms with Gasteiger partial charge in [-0.05, 0) is 36.1 Å². The Kier molecular flexibility index (Phi) is 6.68. The number of hydrazine groups is 1. The molecule has 1 aromatic rings. The van der Waals surface area contributed by atoms with Gasteiger partial charge in [0, 0.05) is 10.5 Å². The molecule has 3 nitrogen and oxygen atoms in total. The Hall–Kier alpha value is -0.580. The van der Waals surface area contributed by atoms with Gasteiger partial charge < -0.3 is 4.74 Å². The molecule has 0 spiro atoms. The molecule has 0 bridgehead atoms. The quantitative estimate of drug-likeness (QED) is 0.600. The van der Waals surface area contributed by atoms with Crippen LogP contribution in [0.4, 0.5) is 0 Å². The van der Waals surface area contributed by atoms with Crippen molar-refractivity contribution < 1.29 is 4.74 Å². The summed E-state index contributed by atoms with van der Waals surface area (Å²) in [5.74, 6) is 7.20. The van der Waals surface area contributed by atoms with Gasteiger partial charge in [-0.15, -0.1) is 0 Å². The van der Waals surface area contributed by atoms with E-state index in [0.717, 1.165) is 29.5 Å². The van der Waals surface area contributed by atoms with Crippen LogP contribution in [-0.4, -0.2) is 13.2 Å². The van der Waals surface area contributed by atoms with Crippen molar-refractivity contribution in [1.82, 2.24) is 5.43 Å². The van der Waals surface area contributed by atoms with Crippen molar-refractivity contribution >= 4 is 15.9 Å². The Morgan fingerprint density at radius 3 is 2.50 bits per heavy atom. The largest absolute Gasteiger partial charge is 0.496 e. The van der Waals surface area contributed by atoms with Crippen molar-refractivity contribution in [1.29, 1.82) is 0 Å². The van der Waals surface area contributed by atoms with Crippen molar-refractivity contribution in [3.8, 4) is 5.75 Å². The summed E-state index contributed by atoms with van der Waals surface area (Å²) < 4.78 is 6.47. The highest BCUT2D eigenvalue weighted by molar-refractivity contribution is 9.10. The molecule has 0 fully saturated rings. The van der Waals surface area contributed by atoms with Crippen molar-refractivity contribution in [3.05, 3.63) is 28.2 Å². The molecule has 1 atom stereocenters. The first-order chi connectivity index (χ1) is 8.65. The summed E-state index contributed by atoms with van der Waals surface area (Å²) in [6, 6.07) is 6.36. The van der Waals surface area contributed by atoms with E-state index in [0.29, 0.717) is 5.92 Å². The zero-order valence-corrected chi connectivity index (χ0v) is 13.0. The summed E-state index contributed by atoms with van der Waals surface area (Å²) in [4.78, 5) is 0. The molecule has 0 aliphatic carbocycles. The van der Waals surface area contributed by atoms with E-state index in [9.17, 15) is 0 Å². The van der Waals surface area contributed by atoms with Gasteiger partial charge >= 0.3 is 0 Å². The van der Waals surface area contributed by atoms with E-state index in [2.05, 4.69) is 41.3 Å². The maximum atomic E-state index is 5.70. The van der Waals surface area contributed by atoms with Crippen LogP contribution in [-0.2, 0) is 6.42 Å². The third-order valence-electron chi connectivity index (χ3n) is 3.51. The molecule has 18 heavy (non-hydrogen) atoms. The van der Waals surface area contributed by atoms with Gasteiger partial charge in [0.1, 0.15) is 5.75 Å². The van der Waals surface area contributed by atoms with Gasteiger partial charge in [0.2, 0.25) is 0 Å². The van der Waals surface area contributed by atoms with E-state index < -0.39 is 0 Å². The van der Waals surface area contributed by atoms with Crippen molar-refractivity contribution in [2.24, 2.45) is 11.8 Å². The molecule has 0 aliphatic heterocycles. The van der Waals surface area contributed by atoms with E-state index in [4.69, 9.17) is 10.6 Å². The van der Waals surface area contributed by atoms with Crippen LogP contribution in [0.15, 0.2) is 22.7 Å². The van der Waals surface area contributed by atoms with E-state index in [1.54, 1.807) is 7.11 Å². The summed E-state index contributed by atoms with van der Waals surface area (Å²) in [5.41, 5.74) is 4.13. The molecule has 0 amide bonds. The number of hydrogen-bond donors (Lipinski definition) is 2. The first kappa shape index (κ1) is 15.5. The zero-order chi connectivity index (χ0) is 13.5. The molecule has 4 heteroatoms. The summed E-state index contributed by atoms with van der Waals surface area (Å²) in [6.45, 7) is 4.41. The summed E-state index contributed by atoms with van der Waals surface area (Å²) in [7, 11) is 1.70. The Bertz CT molecular complexity index is 367. The van der Waals surface area contributed by atoms with Gasteiger partial charge in [-0.25, -0.2) is 0 Å². The fraction of sp³-hybridized carbons (Fsp3) is 0.571. The molecule has 3 N–H and O–H groups in total. The number of nitrogens with one attached hydrogen (secondary N) is 1. The van der Waals surface area contributed by atoms with Crippen molar-refractivity contribution in [2.75, 3.05) is 7.11 Å². The second-order valence-electron chi connectivity index (χ2n) is 4.51. The van der Waals surface area contributed by atoms with E-state index >= 15 is 0 Å². The number of halogens is 1. The second kappa shape index (κ2) is 7.77. The van der Waals surface area contributed by atoms with E-state index in [-0.39, 0.29) is 6.04 Å². The van der Waals surface area contributed by atoms with Crippen LogP contribution in [0.2, 0.25) is 0 Å². The maximum Gasteiger partial charge on any atom is 0.122 e. The van der Waals surface area contributed by atoms with E-state index in [1.807, 2.05) is 12.1 Å². The minimum absolute atomic E-state index is 0.281. The highest BCUT2D eigenvalue weighted by atomic mass is 79.9. The van der Waals surface area contributed by atoms with Crippen LogP contribution in [0.5, 0.6) is 5.75 Å². The first-order valence-electron chi connectivity index (χ1n) is 6.44. The molecule has 102 valence electrons. The summed E-state index contributed by atoms with van der Waals surface area (Å²) in [6.07, 6.45) is 3.13. The Morgan fingerprint density at radius 2 is 2.00 bits per heavy atom. The summed E-state index contributed by atoms with van der Waals surface area (Å²) >= 11 is 3.50. The second-order valence-corrected chi connectivity index (χ2v) is 5.43. The lowest BCUT2D eigenvalue weighted by Crippen LogP contribution is -2.42. The number of hydrogen-bond acceptors (Lipinski definition) is 3. The molecule has 0 radical (unpaired) electrons. The number of benzene rings is 1. The molecule has 0 heterocycles. The smallest absolute Gasteiger partial charge is 0.122 e. The average molecular weight is 315 g/mol. The van der Waals surface area contributed by atoms with Gasteiger partial charge in [-0.3, -0.25) is 11.3 Å². The standard InChI is InChI=1S/C14H23BrN2O/c1-4-10(5-2)13(17-16)9-11-8-12(15)6-7-14(11)18-3/h6-8,10,13,17H,4-5,9,16H2,1-3H3. The van der Waals surface area contributed by atoms with Crippen LogP contribution in [0.3, 0.4) is 0 Å². The lowest BCUT2D eigenvalue weighted by Gasteiger charge is -2.25. The lowest BCUT2D eigenvalue weighted by molar-refractivity contribution is 0.330. The number of nitrogens with two attached hydrogens (primary N) is 1. The van der Waals surface area contributed by atoms with Crippen molar-refractivity contribution in [2.45, 2.75) is 39.2 Å². The summed E-state index contributed by atoms with van der Waals surface area (Å²) in [5, 5.41) is 0. The Morgan fingerprint density at radius 1 is 1.33 bits per heavy atom. The minimum atomic E-state index is 0.281. The Balaban J connectivity index is 2.89. The number of methoxy groups -OCH3 is 1. The van der Waals surface area contributed by atoms with Gasteiger partial charge in [-0.1, -0.05) is 42.6 Å². The fourth-order valence-corrected chi connectivity index (χ4v) is 2.77. The monoisotopic (exact) mass is 314 g/mol. The predicted octanol–water partition coefficient (Wildman–Crippen LogP) is 3.27. The van der Waals surface area contributed by atoms with Crippen LogP contribution >= 0.6 is 15.9 Å². The normalized spacial score (nSPS) is 12.8. The molecule has 0 aliphatic rings. The van der Waals surface area contributed by atoms with Gasteiger partial charge in [0.15, 0.2) is 0 Å². The van der Waals surface area contributed by atoms with Gasteiger partial charge in [-0.2, -0.15) is 0 Å². The SMILES string of the molecule is CCC(CC)C(Cc1cc(Br)ccc1OC)NN. The van der Waals surface area contributed by atoms with Crippen LogP contribution in [0.25, 0.3) is 0 Å². The molecule has 0 aromatic heterocycles. The lowest BCUT2D eigenvalue weighted by atomic mass is 9.89. The first-order valence-corrected chi connectivity index (χ1v) is 7.24. The molecule has 1 unspecified atom stereocenters. The minimum Gasteiger partial charge on any atom is -0.496 e. The molecule has 0 saturated heterocycles. The predicted molar refractivity (Wildman–Crippen MR) is 79.6 cm³/mol. The van der Waals surface area contributed by atoms with Crippen LogP contribution < -0.4 is 16.0 Å². The van der Waals surface area contributed by atoms with Crippen LogP contribution in [0, 0.1) is 5.92 Å². The Labute approximate surface area is 118 Å². The molecular weight excluding hydrogens is 292 g/mol. The third kappa shape index (κ3) is 3.97. The third-order valence-corrected chi connectivity index (χ3v) is 4.01. The topological polar surface area (TPSA) is 47.3 Å². The average Bonchev–Trinajstić information content (AvgIpc) is 2.39. The molecule has 0 saturated carbocycles. The zero-order valence-electron chi connectivity index (χ0n) is 11.4. The highest BCUT2D eigenvalue weighted by Crippen LogP contribution is 2.26. The maximum absolute atomic E-state index is 5.70. The molecule has 1 aromatic carbocycles. The fourth-order valence-electron chi connectivity index (χ4n) is 2.36. The van der Waals surface area contributed by atoms with Crippen LogP contribution in [0.1, 0.15) is 32.3 Å².